The predicted molar refractivity (Wildman–Crippen MR) is 91.8 cm³/mol. The van der Waals surface area contributed by atoms with Crippen molar-refractivity contribution in [3.63, 3.8) is 0 Å². The standard InChI is InChI=1S/C18H10ClFN2O4/c19-9-3-4-10(13(20)8-9)16-14(18(25)26)11(5-7-22-16)15-12(17(23)24)2-1-6-21-15/h1-8H,(H,23,24)(H,25,26). The van der Waals surface area contributed by atoms with Crippen molar-refractivity contribution in [2.75, 3.05) is 0 Å². The van der Waals surface area contributed by atoms with Crippen LogP contribution in [0.3, 0.4) is 0 Å². The van der Waals surface area contributed by atoms with Gasteiger partial charge >= 0.3 is 11.9 Å². The van der Waals surface area contributed by atoms with Crippen LogP contribution >= 0.6 is 11.6 Å². The van der Waals surface area contributed by atoms with Crippen LogP contribution in [0.2, 0.25) is 5.02 Å². The van der Waals surface area contributed by atoms with Gasteiger partial charge in [-0.3, -0.25) is 9.97 Å². The minimum atomic E-state index is -1.39. The lowest BCUT2D eigenvalue weighted by Gasteiger charge is -2.12. The Kier molecular flexibility index (Phi) is 4.64. The van der Waals surface area contributed by atoms with E-state index in [1.807, 2.05) is 0 Å². The van der Waals surface area contributed by atoms with Crippen molar-refractivity contribution < 1.29 is 24.2 Å². The van der Waals surface area contributed by atoms with E-state index >= 15 is 0 Å². The molecule has 2 heterocycles. The van der Waals surface area contributed by atoms with Gasteiger partial charge in [0.05, 0.1) is 22.5 Å². The van der Waals surface area contributed by atoms with Crippen LogP contribution in [0.5, 0.6) is 0 Å². The van der Waals surface area contributed by atoms with E-state index in [4.69, 9.17) is 11.6 Å². The third-order valence-electron chi connectivity index (χ3n) is 3.64. The van der Waals surface area contributed by atoms with E-state index in [1.165, 1.54) is 42.7 Å². The van der Waals surface area contributed by atoms with Gasteiger partial charge < -0.3 is 10.2 Å². The number of nitrogens with zero attached hydrogens (tertiary/aromatic N) is 2. The molecule has 0 unspecified atom stereocenters. The predicted octanol–water partition coefficient (Wildman–Crippen LogP) is 4.00. The van der Waals surface area contributed by atoms with Gasteiger partial charge in [-0.15, -0.1) is 0 Å². The molecule has 0 bridgehead atoms. The average molecular weight is 373 g/mol. The van der Waals surface area contributed by atoms with Crippen LogP contribution in [-0.2, 0) is 0 Å². The molecule has 26 heavy (non-hydrogen) atoms. The minimum absolute atomic E-state index is 0.0230. The van der Waals surface area contributed by atoms with Crippen LogP contribution in [0.15, 0.2) is 48.8 Å². The summed E-state index contributed by atoms with van der Waals surface area (Å²) in [5, 5.41) is 19.2. The second-order valence-electron chi connectivity index (χ2n) is 5.22. The van der Waals surface area contributed by atoms with Crippen LogP contribution in [0.1, 0.15) is 20.7 Å². The summed E-state index contributed by atoms with van der Waals surface area (Å²) in [5.41, 5.74) is -0.767. The van der Waals surface area contributed by atoms with E-state index in [0.29, 0.717) is 0 Å². The number of halogens is 2. The summed E-state index contributed by atoms with van der Waals surface area (Å²) < 4.78 is 14.3. The molecular weight excluding hydrogens is 363 g/mol. The molecule has 0 radical (unpaired) electrons. The summed E-state index contributed by atoms with van der Waals surface area (Å²) in [6.45, 7) is 0. The number of aromatic carboxylic acids is 2. The van der Waals surface area contributed by atoms with Crippen LogP contribution in [0, 0.1) is 5.82 Å². The molecule has 0 spiro atoms. The average Bonchev–Trinajstić information content (AvgIpc) is 2.61. The Bertz CT molecular complexity index is 1040. The van der Waals surface area contributed by atoms with Crippen molar-refractivity contribution in [2.24, 2.45) is 0 Å². The van der Waals surface area contributed by atoms with Crippen molar-refractivity contribution in [3.8, 4) is 22.5 Å². The van der Waals surface area contributed by atoms with Crippen molar-refractivity contribution in [1.29, 1.82) is 0 Å². The fourth-order valence-electron chi connectivity index (χ4n) is 2.55. The number of carboxylic acids is 2. The van der Waals surface area contributed by atoms with Gasteiger partial charge in [0, 0.05) is 28.5 Å². The van der Waals surface area contributed by atoms with Gasteiger partial charge in [-0.2, -0.15) is 0 Å². The number of carboxylic acid groups (broad SMARTS) is 2. The smallest absolute Gasteiger partial charge is 0.338 e. The summed E-state index contributed by atoms with van der Waals surface area (Å²) in [6.07, 6.45) is 2.61. The van der Waals surface area contributed by atoms with Gasteiger partial charge in [0.25, 0.3) is 0 Å². The molecule has 0 atom stereocenters. The molecule has 0 aliphatic rings. The first-order valence-electron chi connectivity index (χ1n) is 7.26. The van der Waals surface area contributed by atoms with E-state index in [1.54, 1.807) is 0 Å². The highest BCUT2D eigenvalue weighted by atomic mass is 35.5. The second-order valence-corrected chi connectivity index (χ2v) is 5.65. The van der Waals surface area contributed by atoms with Gasteiger partial charge in [0.2, 0.25) is 0 Å². The quantitative estimate of drug-likeness (QED) is 0.718. The molecule has 0 saturated heterocycles. The monoisotopic (exact) mass is 372 g/mol. The Morgan fingerprint density at radius 3 is 2.31 bits per heavy atom. The lowest BCUT2D eigenvalue weighted by atomic mass is 9.96. The molecule has 0 saturated carbocycles. The lowest BCUT2D eigenvalue weighted by Crippen LogP contribution is -2.09. The highest BCUT2D eigenvalue weighted by Gasteiger charge is 2.24. The maximum Gasteiger partial charge on any atom is 0.338 e. The molecule has 3 rings (SSSR count). The molecule has 2 aromatic heterocycles. The number of hydrogen-bond acceptors (Lipinski definition) is 4. The first-order valence-corrected chi connectivity index (χ1v) is 7.64. The Hall–Kier alpha value is -3.32. The summed E-state index contributed by atoms with van der Waals surface area (Å²) in [7, 11) is 0. The summed E-state index contributed by atoms with van der Waals surface area (Å²) >= 11 is 5.74. The van der Waals surface area contributed by atoms with Gasteiger partial charge in [0.1, 0.15) is 5.82 Å². The van der Waals surface area contributed by atoms with Gasteiger partial charge in [-0.25, -0.2) is 14.0 Å². The molecule has 1 aromatic carbocycles. The molecule has 8 heteroatoms. The van der Waals surface area contributed by atoms with Crippen molar-refractivity contribution in [1.82, 2.24) is 9.97 Å². The molecular formula is C18H10ClFN2O4. The highest BCUT2D eigenvalue weighted by Crippen LogP contribution is 2.33. The van der Waals surface area contributed by atoms with E-state index in [0.717, 1.165) is 6.07 Å². The zero-order valence-corrected chi connectivity index (χ0v) is 13.7. The molecule has 0 fully saturated rings. The normalized spacial score (nSPS) is 10.5. The molecule has 3 aromatic rings. The summed E-state index contributed by atoms with van der Waals surface area (Å²) in [4.78, 5) is 31.3. The minimum Gasteiger partial charge on any atom is -0.478 e. The van der Waals surface area contributed by atoms with Crippen LogP contribution < -0.4 is 0 Å². The van der Waals surface area contributed by atoms with Crippen LogP contribution in [-0.4, -0.2) is 32.1 Å². The molecule has 0 aliphatic heterocycles. The zero-order valence-electron chi connectivity index (χ0n) is 13.0. The number of benzene rings is 1. The number of pyridine rings is 2. The second kappa shape index (κ2) is 6.89. The third-order valence-corrected chi connectivity index (χ3v) is 3.88. The molecule has 2 N–H and O–H groups in total. The molecule has 0 amide bonds. The van der Waals surface area contributed by atoms with E-state index in [-0.39, 0.29) is 38.7 Å². The van der Waals surface area contributed by atoms with Crippen molar-refractivity contribution >= 4 is 23.5 Å². The maximum absolute atomic E-state index is 14.3. The lowest BCUT2D eigenvalue weighted by molar-refractivity contribution is 0.0684. The van der Waals surface area contributed by atoms with E-state index in [9.17, 15) is 24.2 Å². The first-order chi connectivity index (χ1) is 12.4. The Morgan fingerprint density at radius 2 is 1.65 bits per heavy atom. The SMILES string of the molecule is O=C(O)c1cccnc1-c1ccnc(-c2ccc(Cl)cc2F)c1C(=O)O. The molecule has 0 aliphatic carbocycles. The third kappa shape index (κ3) is 3.12. The molecule has 6 nitrogen and oxygen atoms in total. The highest BCUT2D eigenvalue weighted by molar-refractivity contribution is 6.30. The van der Waals surface area contributed by atoms with Gasteiger partial charge in [-0.05, 0) is 36.4 Å². The summed E-state index contributed by atoms with van der Waals surface area (Å²) in [6, 6.07) is 7.82. The van der Waals surface area contributed by atoms with E-state index in [2.05, 4.69) is 9.97 Å². The topological polar surface area (TPSA) is 100 Å². The first kappa shape index (κ1) is 17.5. The number of carbonyl (C=O) groups is 2. The number of hydrogen-bond donors (Lipinski definition) is 2. The molecule has 130 valence electrons. The van der Waals surface area contributed by atoms with Crippen LogP contribution in [0.25, 0.3) is 22.5 Å². The Balaban J connectivity index is 2.33. The largest absolute Gasteiger partial charge is 0.478 e. The van der Waals surface area contributed by atoms with Crippen molar-refractivity contribution in [2.45, 2.75) is 0 Å². The Labute approximate surface area is 151 Å². The van der Waals surface area contributed by atoms with Gasteiger partial charge in [0.15, 0.2) is 0 Å². The van der Waals surface area contributed by atoms with Gasteiger partial charge in [-0.1, -0.05) is 11.6 Å². The number of rotatable bonds is 4. The fraction of sp³-hybridized carbons (Fsp3) is 0. The van der Waals surface area contributed by atoms with Crippen molar-refractivity contribution in [3.05, 3.63) is 70.8 Å². The van der Waals surface area contributed by atoms with Crippen LogP contribution in [0.4, 0.5) is 4.39 Å². The fourth-order valence-corrected chi connectivity index (χ4v) is 2.71. The maximum atomic E-state index is 14.3. The van der Waals surface area contributed by atoms with E-state index < -0.39 is 17.8 Å². The number of aromatic nitrogens is 2. The summed E-state index contributed by atoms with van der Waals surface area (Å²) in [5.74, 6) is -3.40. The zero-order chi connectivity index (χ0) is 18.8. The Morgan fingerprint density at radius 1 is 0.923 bits per heavy atom.